The van der Waals surface area contributed by atoms with E-state index in [1.54, 1.807) is 0 Å². The van der Waals surface area contributed by atoms with Crippen LogP contribution in [0.2, 0.25) is 0 Å². The van der Waals surface area contributed by atoms with E-state index in [4.69, 9.17) is 5.53 Å². The van der Waals surface area contributed by atoms with E-state index in [9.17, 15) is 0 Å². The van der Waals surface area contributed by atoms with Crippen molar-refractivity contribution in [3.63, 3.8) is 0 Å². The number of hydrogen-bond donors (Lipinski definition) is 1. The van der Waals surface area contributed by atoms with E-state index in [0.29, 0.717) is 6.04 Å². The van der Waals surface area contributed by atoms with Gasteiger partial charge in [-0.2, -0.15) is 5.11 Å². The van der Waals surface area contributed by atoms with E-state index in [-0.39, 0.29) is 0 Å². The Kier molecular flexibility index (Phi) is 4.51. The maximum atomic E-state index is 6.69. The van der Waals surface area contributed by atoms with Crippen LogP contribution in [0.4, 0.5) is 0 Å². The molecule has 1 N–H and O–H groups in total. The first-order valence-corrected chi connectivity index (χ1v) is 3.21. The van der Waals surface area contributed by atoms with Gasteiger partial charge in [0.2, 0.25) is 0 Å². The highest BCUT2D eigenvalue weighted by Crippen LogP contribution is 2.03. The van der Waals surface area contributed by atoms with Crippen molar-refractivity contribution in [3.8, 4) is 0 Å². The lowest BCUT2D eigenvalue weighted by Crippen LogP contribution is -1.98. The van der Waals surface area contributed by atoms with Gasteiger partial charge in [0.25, 0.3) is 0 Å². The molecular formula is C6H14N2. The average molecular weight is 114 g/mol. The van der Waals surface area contributed by atoms with Gasteiger partial charge in [-0.3, -0.25) is 0 Å². The molecule has 8 heavy (non-hydrogen) atoms. The number of nitrogens with zero attached hydrogens (tertiary/aromatic N) is 1. The lowest BCUT2D eigenvalue weighted by molar-refractivity contribution is 0.554. The largest absolute Gasteiger partial charge is 0.210 e. The monoisotopic (exact) mass is 114 g/mol. The van der Waals surface area contributed by atoms with E-state index >= 15 is 0 Å². The molecule has 0 aromatic heterocycles. The summed E-state index contributed by atoms with van der Waals surface area (Å²) >= 11 is 0. The first kappa shape index (κ1) is 7.60. The molecule has 0 radical (unpaired) electrons. The molecule has 0 aliphatic rings. The second-order valence-electron chi connectivity index (χ2n) is 1.98. The SMILES string of the molecule is CCCC(CC)N=N. The molecule has 2 heteroatoms. The zero-order valence-corrected chi connectivity index (χ0v) is 5.65. The lowest BCUT2D eigenvalue weighted by atomic mass is 10.1. The topological polar surface area (TPSA) is 36.2 Å². The van der Waals surface area contributed by atoms with E-state index in [2.05, 4.69) is 19.0 Å². The van der Waals surface area contributed by atoms with Crippen molar-refractivity contribution in [2.75, 3.05) is 0 Å². The van der Waals surface area contributed by atoms with Crippen molar-refractivity contribution in [3.05, 3.63) is 0 Å². The van der Waals surface area contributed by atoms with Crippen molar-refractivity contribution in [2.24, 2.45) is 5.11 Å². The fraction of sp³-hybridized carbons (Fsp3) is 1.00. The summed E-state index contributed by atoms with van der Waals surface area (Å²) in [7, 11) is 0. The minimum atomic E-state index is 0.292. The summed E-state index contributed by atoms with van der Waals surface area (Å²) in [4.78, 5) is 0. The van der Waals surface area contributed by atoms with Crippen molar-refractivity contribution >= 4 is 0 Å². The van der Waals surface area contributed by atoms with Gasteiger partial charge in [-0.05, 0) is 12.8 Å². The zero-order chi connectivity index (χ0) is 6.41. The van der Waals surface area contributed by atoms with Crippen LogP contribution in [0.1, 0.15) is 33.1 Å². The molecule has 0 bridgehead atoms. The van der Waals surface area contributed by atoms with Gasteiger partial charge in [0.15, 0.2) is 0 Å². The second kappa shape index (κ2) is 4.75. The normalized spacial score (nSPS) is 13.2. The van der Waals surface area contributed by atoms with Crippen LogP contribution in [0.5, 0.6) is 0 Å². The van der Waals surface area contributed by atoms with Gasteiger partial charge in [-0.15, -0.1) is 0 Å². The molecule has 1 unspecified atom stereocenters. The Morgan fingerprint density at radius 3 is 2.25 bits per heavy atom. The fourth-order valence-electron chi connectivity index (χ4n) is 0.693. The molecule has 0 heterocycles. The average Bonchev–Trinajstić information content (AvgIpc) is 1.83. The number of nitrogens with one attached hydrogen (secondary N) is 1. The maximum absolute atomic E-state index is 6.69. The predicted molar refractivity (Wildman–Crippen MR) is 34.1 cm³/mol. The standard InChI is InChI=1S/C6H14N2/c1-3-5-6(4-2)8-7/h6-7H,3-5H2,1-2H3. The summed E-state index contributed by atoms with van der Waals surface area (Å²) in [5, 5.41) is 3.45. The molecule has 48 valence electrons. The highest BCUT2D eigenvalue weighted by molar-refractivity contribution is 4.57. The number of hydrogen-bond acceptors (Lipinski definition) is 2. The molecule has 1 atom stereocenters. The van der Waals surface area contributed by atoms with Crippen LogP contribution in [0, 0.1) is 5.53 Å². The number of rotatable bonds is 4. The van der Waals surface area contributed by atoms with E-state index in [0.717, 1.165) is 19.3 Å². The summed E-state index contributed by atoms with van der Waals surface area (Å²) < 4.78 is 0. The molecule has 0 spiro atoms. The zero-order valence-electron chi connectivity index (χ0n) is 5.65. The minimum absolute atomic E-state index is 0.292. The van der Waals surface area contributed by atoms with Gasteiger partial charge in [0.1, 0.15) is 0 Å². The molecule has 0 fully saturated rings. The third kappa shape index (κ3) is 2.72. The quantitative estimate of drug-likeness (QED) is 0.545. The van der Waals surface area contributed by atoms with Crippen molar-refractivity contribution in [1.29, 1.82) is 5.53 Å². The highest BCUT2D eigenvalue weighted by atomic mass is 15.0. The summed E-state index contributed by atoms with van der Waals surface area (Å²) in [6, 6.07) is 0.292. The van der Waals surface area contributed by atoms with Crippen LogP contribution >= 0.6 is 0 Å². The molecule has 0 aromatic rings. The Morgan fingerprint density at radius 2 is 2.12 bits per heavy atom. The van der Waals surface area contributed by atoms with Crippen molar-refractivity contribution < 1.29 is 0 Å². The lowest BCUT2D eigenvalue weighted by Gasteiger charge is -2.02. The van der Waals surface area contributed by atoms with E-state index < -0.39 is 0 Å². The molecule has 0 saturated heterocycles. The highest BCUT2D eigenvalue weighted by Gasteiger charge is 1.98. The maximum Gasteiger partial charge on any atom is 0.0703 e. The van der Waals surface area contributed by atoms with Gasteiger partial charge in [0, 0.05) is 0 Å². The van der Waals surface area contributed by atoms with Crippen LogP contribution in [0.15, 0.2) is 5.11 Å². The second-order valence-corrected chi connectivity index (χ2v) is 1.98. The summed E-state index contributed by atoms with van der Waals surface area (Å²) in [5.41, 5.74) is 6.69. The van der Waals surface area contributed by atoms with Gasteiger partial charge >= 0.3 is 0 Å². The summed E-state index contributed by atoms with van der Waals surface area (Å²) in [6.45, 7) is 4.19. The third-order valence-corrected chi connectivity index (χ3v) is 1.28. The Hall–Kier alpha value is -0.400. The molecule has 0 aromatic carbocycles. The molecular weight excluding hydrogens is 100 g/mol. The molecule has 0 aliphatic carbocycles. The first-order chi connectivity index (χ1) is 3.85. The Labute approximate surface area is 50.8 Å². The first-order valence-electron chi connectivity index (χ1n) is 3.21. The summed E-state index contributed by atoms with van der Waals surface area (Å²) in [5.74, 6) is 0. The van der Waals surface area contributed by atoms with Gasteiger partial charge in [-0.25, -0.2) is 5.53 Å². The summed E-state index contributed by atoms with van der Waals surface area (Å²) in [6.07, 6.45) is 3.22. The smallest absolute Gasteiger partial charge is 0.0703 e. The Bertz CT molecular complexity index is 61.5. The van der Waals surface area contributed by atoms with Gasteiger partial charge in [0.05, 0.1) is 6.04 Å². The Morgan fingerprint density at radius 1 is 1.50 bits per heavy atom. The van der Waals surface area contributed by atoms with Crippen LogP contribution in [-0.4, -0.2) is 6.04 Å². The minimum Gasteiger partial charge on any atom is -0.210 e. The molecule has 0 saturated carbocycles. The van der Waals surface area contributed by atoms with Crippen LogP contribution in [0.3, 0.4) is 0 Å². The van der Waals surface area contributed by atoms with Gasteiger partial charge in [-0.1, -0.05) is 20.3 Å². The van der Waals surface area contributed by atoms with Crippen molar-refractivity contribution in [2.45, 2.75) is 39.2 Å². The molecule has 0 aliphatic heterocycles. The van der Waals surface area contributed by atoms with Crippen molar-refractivity contribution in [1.82, 2.24) is 0 Å². The predicted octanol–water partition coefficient (Wildman–Crippen LogP) is 2.60. The molecule has 2 nitrogen and oxygen atoms in total. The third-order valence-electron chi connectivity index (χ3n) is 1.28. The molecule has 0 rings (SSSR count). The van der Waals surface area contributed by atoms with Crippen LogP contribution in [0.25, 0.3) is 0 Å². The molecule has 0 amide bonds. The van der Waals surface area contributed by atoms with Gasteiger partial charge < -0.3 is 0 Å². The fourth-order valence-corrected chi connectivity index (χ4v) is 0.693. The van der Waals surface area contributed by atoms with E-state index in [1.807, 2.05) is 0 Å². The van der Waals surface area contributed by atoms with Crippen LogP contribution in [-0.2, 0) is 0 Å². The van der Waals surface area contributed by atoms with Crippen LogP contribution < -0.4 is 0 Å². The van der Waals surface area contributed by atoms with E-state index in [1.165, 1.54) is 0 Å². The Balaban J connectivity index is 3.21.